The number of anilines is 3. The van der Waals surface area contributed by atoms with Gasteiger partial charge < -0.3 is 9.47 Å². The van der Waals surface area contributed by atoms with E-state index in [-0.39, 0.29) is 0 Å². The van der Waals surface area contributed by atoms with Crippen LogP contribution in [0.1, 0.15) is 5.56 Å². The van der Waals surface area contributed by atoms with Crippen molar-refractivity contribution in [1.82, 2.24) is 14.5 Å². The molecule has 8 nitrogen and oxygen atoms in total. The van der Waals surface area contributed by atoms with Gasteiger partial charge in [-0.15, -0.1) is 0 Å². The number of fused-ring (bicyclic) bond motifs is 3. The normalized spacial score (nSPS) is 10.8. The first-order chi connectivity index (χ1) is 34.5. The van der Waals surface area contributed by atoms with Gasteiger partial charge in [0.15, 0.2) is 17.1 Å². The van der Waals surface area contributed by atoms with Crippen molar-refractivity contribution in [2.24, 2.45) is 0 Å². The van der Waals surface area contributed by atoms with Crippen molar-refractivity contribution in [3.05, 3.63) is 258 Å². The molecule has 0 saturated heterocycles. The molecule has 0 fully saturated rings. The van der Waals surface area contributed by atoms with Crippen LogP contribution in [-0.4, -0.2) is 14.5 Å². The van der Waals surface area contributed by atoms with E-state index >= 15 is 0 Å². The fourth-order valence-corrected chi connectivity index (χ4v) is 9.23. The first kappa shape index (κ1) is 42.3. The summed E-state index contributed by atoms with van der Waals surface area (Å²) in [6.45, 7) is 23.9. The molecule has 0 atom stereocenters. The minimum Gasteiger partial charge on any atom is -0.310 e. The van der Waals surface area contributed by atoms with Crippen molar-refractivity contribution in [3.63, 3.8) is 0 Å². The van der Waals surface area contributed by atoms with Crippen molar-refractivity contribution in [1.29, 1.82) is 5.26 Å². The molecule has 0 aliphatic carbocycles. The molecule has 324 valence electrons. The number of hydrogen-bond acceptors (Lipinski definition) is 4. The van der Waals surface area contributed by atoms with Crippen molar-refractivity contribution >= 4 is 55.9 Å². The summed E-state index contributed by atoms with van der Waals surface area (Å²) in [5.41, 5.74) is 14.2. The molecular formula is C62H36N8. The molecule has 0 saturated carbocycles. The number of hydrogen-bond donors (Lipinski definition) is 0. The third-order valence-electron chi connectivity index (χ3n) is 12.5. The van der Waals surface area contributed by atoms with Crippen LogP contribution < -0.4 is 4.90 Å². The zero-order valence-electron chi connectivity index (χ0n) is 37.4. The number of aromatic nitrogens is 3. The lowest BCUT2D eigenvalue weighted by atomic mass is 9.93. The van der Waals surface area contributed by atoms with Gasteiger partial charge in [0.05, 0.1) is 53.8 Å². The maximum absolute atomic E-state index is 10.6. The molecule has 11 rings (SSSR count). The minimum absolute atomic E-state index is 0.374. The van der Waals surface area contributed by atoms with Crippen LogP contribution in [0.3, 0.4) is 0 Å². The van der Waals surface area contributed by atoms with Crippen LogP contribution in [0, 0.1) is 31.0 Å². The highest BCUT2D eigenvalue weighted by atomic mass is 15.1. The summed E-state index contributed by atoms with van der Waals surface area (Å²) in [5, 5.41) is 12.8. The van der Waals surface area contributed by atoms with Crippen LogP contribution in [0.15, 0.2) is 218 Å². The van der Waals surface area contributed by atoms with Crippen molar-refractivity contribution in [2.75, 3.05) is 4.90 Å². The fourth-order valence-electron chi connectivity index (χ4n) is 9.23. The Morgan fingerprint density at radius 2 is 0.957 bits per heavy atom. The summed E-state index contributed by atoms with van der Waals surface area (Å²) < 4.78 is 2.28. The largest absolute Gasteiger partial charge is 0.310 e. The minimum atomic E-state index is 0.374. The Kier molecular flexibility index (Phi) is 10.9. The highest BCUT2D eigenvalue weighted by Gasteiger charge is 2.20. The van der Waals surface area contributed by atoms with Crippen LogP contribution in [0.5, 0.6) is 0 Å². The number of nitrogens with zero attached hydrogens (tertiary/aromatic N) is 8. The van der Waals surface area contributed by atoms with Gasteiger partial charge in [0.2, 0.25) is 0 Å². The predicted octanol–water partition coefficient (Wildman–Crippen LogP) is 16.9. The second-order valence-electron chi connectivity index (χ2n) is 16.5. The van der Waals surface area contributed by atoms with Gasteiger partial charge in [0.25, 0.3) is 0 Å². The maximum atomic E-state index is 10.6. The molecule has 0 spiro atoms. The van der Waals surface area contributed by atoms with E-state index < -0.39 is 0 Å². The zero-order chi connectivity index (χ0) is 47.6. The smallest absolute Gasteiger partial charge is 0.198 e. The Morgan fingerprint density at radius 1 is 0.414 bits per heavy atom. The van der Waals surface area contributed by atoms with E-state index in [9.17, 15) is 5.26 Å². The van der Waals surface area contributed by atoms with Gasteiger partial charge in [-0.3, -0.25) is 0 Å². The molecule has 9 aromatic carbocycles. The molecule has 0 unspecified atom stereocenters. The second-order valence-corrected chi connectivity index (χ2v) is 16.5. The number of para-hydroxylation sites is 5. The SMILES string of the molecule is [C-]#[N+]c1cc(-c2ccc(-c3cc(-c4ccccc4[N+]#[C-])nc(-c4ccccc4[N+]#[C-])n3)cc2)c(C#N)cc1-c1ccc(-n2c3ccccc3c3cc(N(c4ccccc4)c4ccccc4)ccc32)cc1. The van der Waals surface area contributed by atoms with Gasteiger partial charge in [-0.1, -0.05) is 140 Å². The van der Waals surface area contributed by atoms with Crippen molar-refractivity contribution in [3.8, 4) is 67.9 Å². The third-order valence-corrected chi connectivity index (χ3v) is 12.5. The van der Waals surface area contributed by atoms with Crippen LogP contribution in [0.25, 0.3) is 98.2 Å². The van der Waals surface area contributed by atoms with Gasteiger partial charge in [-0.05, 0) is 101 Å². The highest BCUT2D eigenvalue weighted by Crippen LogP contribution is 2.42. The Hall–Kier alpha value is -10.4. The Bertz CT molecular complexity index is 3860. The number of nitriles is 1. The van der Waals surface area contributed by atoms with E-state index in [1.54, 1.807) is 24.3 Å². The van der Waals surface area contributed by atoms with E-state index in [2.05, 4.69) is 133 Å². The molecule has 2 heterocycles. The predicted molar refractivity (Wildman–Crippen MR) is 282 cm³/mol. The standard InChI is InChI=1S/C62H36N8/c1-64-55-23-13-10-21-50(55)59-39-57(67-62(68-59)51-22-11-14-24-56(51)65-2)43-28-26-41(27-29-43)52-38-58(66-3)53(36-44(52)40-63)42-30-32-47(33-31-42)70-60-25-15-12-20-49(60)54-37-48(34-35-61(54)70)69(45-16-6-4-7-17-45)46-18-8-5-9-19-46/h4-39H. The quantitative estimate of drug-likeness (QED) is 0.135. The van der Waals surface area contributed by atoms with Crippen LogP contribution in [-0.2, 0) is 0 Å². The van der Waals surface area contributed by atoms with E-state index in [0.29, 0.717) is 62.1 Å². The van der Waals surface area contributed by atoms with Gasteiger partial charge in [-0.2, -0.15) is 5.26 Å². The van der Waals surface area contributed by atoms with E-state index in [1.165, 1.54) is 0 Å². The molecule has 0 radical (unpaired) electrons. The molecule has 0 aliphatic heterocycles. The Balaban J connectivity index is 0.936. The molecule has 70 heavy (non-hydrogen) atoms. The monoisotopic (exact) mass is 892 g/mol. The topological polar surface area (TPSA) is 70.8 Å². The molecule has 8 heteroatoms. The number of benzene rings is 9. The average molecular weight is 893 g/mol. The lowest BCUT2D eigenvalue weighted by Crippen LogP contribution is -2.09. The average Bonchev–Trinajstić information content (AvgIpc) is 3.77. The maximum Gasteiger partial charge on any atom is 0.198 e. The van der Waals surface area contributed by atoms with Gasteiger partial charge in [0.1, 0.15) is 5.82 Å². The second kappa shape index (κ2) is 18.1. The van der Waals surface area contributed by atoms with Crippen molar-refractivity contribution < 1.29 is 0 Å². The van der Waals surface area contributed by atoms with Crippen LogP contribution in [0.2, 0.25) is 0 Å². The molecule has 2 aromatic heterocycles. The summed E-state index contributed by atoms with van der Waals surface area (Å²) in [6, 6.07) is 74.2. The number of rotatable bonds is 9. The van der Waals surface area contributed by atoms with Gasteiger partial charge in [0, 0.05) is 50.2 Å². The highest BCUT2D eigenvalue weighted by molar-refractivity contribution is 6.10. The lowest BCUT2D eigenvalue weighted by molar-refractivity contribution is 1.18. The summed E-state index contributed by atoms with van der Waals surface area (Å²) in [5.74, 6) is 0.374. The molecule has 0 bridgehead atoms. The summed E-state index contributed by atoms with van der Waals surface area (Å²) in [7, 11) is 0. The first-order valence-corrected chi connectivity index (χ1v) is 22.5. The van der Waals surface area contributed by atoms with Crippen LogP contribution in [0.4, 0.5) is 34.1 Å². The molecule has 0 amide bonds. The van der Waals surface area contributed by atoms with Crippen molar-refractivity contribution in [2.45, 2.75) is 0 Å². The Labute approximate surface area is 405 Å². The molecule has 11 aromatic rings. The summed E-state index contributed by atoms with van der Waals surface area (Å²) >= 11 is 0. The fraction of sp³-hybridized carbons (Fsp3) is 0. The zero-order valence-corrected chi connectivity index (χ0v) is 37.4. The molecule has 0 N–H and O–H groups in total. The van der Waals surface area contributed by atoms with Gasteiger partial charge in [-0.25, -0.2) is 24.5 Å². The third kappa shape index (κ3) is 7.63. The molecular weight excluding hydrogens is 857 g/mol. The Morgan fingerprint density at radius 3 is 1.63 bits per heavy atom. The lowest BCUT2D eigenvalue weighted by Gasteiger charge is -2.25. The molecule has 0 aliphatic rings. The van der Waals surface area contributed by atoms with E-state index in [4.69, 9.17) is 29.7 Å². The van der Waals surface area contributed by atoms with E-state index in [0.717, 1.165) is 61.2 Å². The van der Waals surface area contributed by atoms with Gasteiger partial charge >= 0.3 is 0 Å². The van der Waals surface area contributed by atoms with Crippen LogP contribution >= 0.6 is 0 Å². The summed E-state index contributed by atoms with van der Waals surface area (Å²) in [4.78, 5) is 23.5. The first-order valence-electron chi connectivity index (χ1n) is 22.5. The summed E-state index contributed by atoms with van der Waals surface area (Å²) in [6.07, 6.45) is 0. The van der Waals surface area contributed by atoms with E-state index in [1.807, 2.05) is 91.0 Å².